The molecule has 0 spiro atoms. The lowest BCUT2D eigenvalue weighted by molar-refractivity contribution is -0.124. The molecule has 0 saturated heterocycles. The number of fused-ring (bicyclic) bond motifs is 1. The Morgan fingerprint density at radius 3 is 2.55 bits per heavy atom. The number of hydrogen-bond donors (Lipinski definition) is 0. The molecule has 1 unspecified atom stereocenters. The van der Waals surface area contributed by atoms with Crippen LogP contribution in [-0.4, -0.2) is 24.0 Å². The van der Waals surface area contributed by atoms with Crippen LogP contribution in [0, 0.1) is 5.82 Å². The predicted octanol–water partition coefficient (Wildman–Crippen LogP) is 6.31. The number of carbonyl (C=O) groups is 1. The number of aromatic nitrogens is 1. The zero-order chi connectivity index (χ0) is 22.0. The summed E-state index contributed by atoms with van der Waals surface area (Å²) in [6, 6.07) is 18.4. The Labute approximate surface area is 187 Å². The van der Waals surface area contributed by atoms with Crippen molar-refractivity contribution in [1.82, 2.24) is 4.98 Å². The average Bonchev–Trinajstić information content (AvgIpc) is 3.15. The van der Waals surface area contributed by atoms with Crippen LogP contribution in [0.25, 0.3) is 10.2 Å². The second-order valence-corrected chi connectivity index (χ2v) is 8.20. The number of likely N-dealkylation sites (N-methyl/N-ethyl adjacent to an activating group) is 1. The van der Waals surface area contributed by atoms with Crippen molar-refractivity contribution in [2.24, 2.45) is 0 Å². The van der Waals surface area contributed by atoms with Gasteiger partial charge in [-0.1, -0.05) is 35.1 Å². The number of carbonyl (C=O) groups excluding carboxylic acids is 1. The molecule has 4 aromatic rings. The molecule has 0 aliphatic rings. The Kier molecular flexibility index (Phi) is 6.06. The number of rotatable bonds is 6. The summed E-state index contributed by atoms with van der Waals surface area (Å²) in [5.41, 5.74) is 1.01. The molecule has 0 N–H and O–H groups in total. The SMILES string of the molecule is CC(Oc1ccc(Oc2nc3ccc(Cl)cc3s2)cc1)C(=O)N(C)c1ccccc1F. The molecule has 1 aromatic heterocycles. The van der Waals surface area contributed by atoms with Crippen molar-refractivity contribution in [3.05, 3.63) is 77.6 Å². The van der Waals surface area contributed by atoms with Crippen LogP contribution in [0.4, 0.5) is 10.1 Å². The van der Waals surface area contributed by atoms with Crippen molar-refractivity contribution in [2.45, 2.75) is 13.0 Å². The number of ether oxygens (including phenoxy) is 2. The van der Waals surface area contributed by atoms with E-state index in [9.17, 15) is 9.18 Å². The van der Waals surface area contributed by atoms with Crippen molar-refractivity contribution >= 4 is 44.7 Å². The second kappa shape index (κ2) is 8.91. The van der Waals surface area contributed by atoms with Gasteiger partial charge in [-0.05, 0) is 61.5 Å². The van der Waals surface area contributed by atoms with E-state index in [2.05, 4.69) is 4.98 Å². The van der Waals surface area contributed by atoms with E-state index in [4.69, 9.17) is 21.1 Å². The Balaban J connectivity index is 1.40. The number of hydrogen-bond acceptors (Lipinski definition) is 5. The number of anilines is 1. The van der Waals surface area contributed by atoms with Crippen LogP contribution in [0.1, 0.15) is 6.92 Å². The first-order chi connectivity index (χ1) is 14.9. The van der Waals surface area contributed by atoms with Crippen LogP contribution in [0.15, 0.2) is 66.7 Å². The van der Waals surface area contributed by atoms with Gasteiger partial charge in [-0.25, -0.2) is 9.37 Å². The van der Waals surface area contributed by atoms with Crippen LogP contribution in [0.5, 0.6) is 16.7 Å². The molecule has 158 valence electrons. The largest absolute Gasteiger partial charge is 0.481 e. The van der Waals surface area contributed by atoms with Crippen LogP contribution < -0.4 is 14.4 Å². The third-order valence-electron chi connectivity index (χ3n) is 4.56. The molecule has 0 bridgehead atoms. The van der Waals surface area contributed by atoms with E-state index in [-0.39, 0.29) is 11.6 Å². The predicted molar refractivity (Wildman–Crippen MR) is 121 cm³/mol. The van der Waals surface area contributed by atoms with E-state index in [0.29, 0.717) is 21.7 Å². The highest BCUT2D eigenvalue weighted by Crippen LogP contribution is 2.33. The van der Waals surface area contributed by atoms with Gasteiger partial charge in [-0.2, -0.15) is 0 Å². The van der Waals surface area contributed by atoms with Gasteiger partial charge in [-0.3, -0.25) is 4.79 Å². The molecule has 4 rings (SSSR count). The van der Waals surface area contributed by atoms with Gasteiger partial charge < -0.3 is 14.4 Å². The summed E-state index contributed by atoms with van der Waals surface area (Å²) in [4.78, 5) is 18.3. The monoisotopic (exact) mass is 456 g/mol. The fourth-order valence-electron chi connectivity index (χ4n) is 2.98. The minimum Gasteiger partial charge on any atom is -0.481 e. The third-order valence-corrected chi connectivity index (χ3v) is 5.70. The molecular weight excluding hydrogens is 439 g/mol. The van der Waals surface area contributed by atoms with Crippen LogP contribution >= 0.6 is 22.9 Å². The summed E-state index contributed by atoms with van der Waals surface area (Å²) >= 11 is 7.41. The van der Waals surface area contributed by atoms with Crippen molar-refractivity contribution in [1.29, 1.82) is 0 Å². The van der Waals surface area contributed by atoms with E-state index < -0.39 is 11.9 Å². The van der Waals surface area contributed by atoms with Gasteiger partial charge in [-0.15, -0.1) is 0 Å². The molecule has 0 saturated carbocycles. The maximum atomic E-state index is 13.9. The van der Waals surface area contributed by atoms with Gasteiger partial charge in [0, 0.05) is 12.1 Å². The molecule has 5 nitrogen and oxygen atoms in total. The molecule has 31 heavy (non-hydrogen) atoms. The lowest BCUT2D eigenvalue weighted by Gasteiger charge is -2.22. The van der Waals surface area contributed by atoms with Crippen LogP contribution in [0.2, 0.25) is 5.02 Å². The number of thiazole rings is 1. The topological polar surface area (TPSA) is 51.7 Å². The molecule has 8 heteroatoms. The highest BCUT2D eigenvalue weighted by Gasteiger charge is 2.22. The lowest BCUT2D eigenvalue weighted by Crippen LogP contribution is -2.38. The summed E-state index contributed by atoms with van der Waals surface area (Å²) < 4.78 is 26.4. The van der Waals surface area contributed by atoms with Crippen molar-refractivity contribution in [3.8, 4) is 16.7 Å². The maximum absolute atomic E-state index is 13.9. The number of nitrogens with zero attached hydrogens (tertiary/aromatic N) is 2. The molecular formula is C23H18ClFN2O3S. The van der Waals surface area contributed by atoms with Gasteiger partial charge in [0.1, 0.15) is 17.3 Å². The molecule has 1 amide bonds. The first-order valence-electron chi connectivity index (χ1n) is 9.43. The molecule has 0 fully saturated rings. The molecule has 1 heterocycles. The number of para-hydroxylation sites is 1. The summed E-state index contributed by atoms with van der Waals surface area (Å²) in [5.74, 6) is 0.244. The second-order valence-electron chi connectivity index (χ2n) is 6.77. The molecule has 3 aromatic carbocycles. The fraction of sp³-hybridized carbons (Fsp3) is 0.130. The molecule has 0 aliphatic heterocycles. The molecule has 0 radical (unpaired) electrons. The first kappa shape index (κ1) is 21.1. The summed E-state index contributed by atoms with van der Waals surface area (Å²) in [7, 11) is 1.52. The van der Waals surface area contributed by atoms with E-state index in [1.54, 1.807) is 55.5 Å². The van der Waals surface area contributed by atoms with Gasteiger partial charge >= 0.3 is 0 Å². The number of amides is 1. The quantitative estimate of drug-likeness (QED) is 0.341. The lowest BCUT2D eigenvalue weighted by atomic mass is 10.2. The van der Waals surface area contributed by atoms with Crippen molar-refractivity contribution in [2.75, 3.05) is 11.9 Å². The van der Waals surface area contributed by atoms with E-state index >= 15 is 0 Å². The zero-order valence-electron chi connectivity index (χ0n) is 16.7. The average molecular weight is 457 g/mol. The highest BCUT2D eigenvalue weighted by molar-refractivity contribution is 7.20. The smallest absolute Gasteiger partial charge is 0.279 e. The first-order valence-corrected chi connectivity index (χ1v) is 10.6. The third kappa shape index (κ3) is 4.78. The molecule has 1 atom stereocenters. The Morgan fingerprint density at radius 1 is 1.10 bits per heavy atom. The van der Waals surface area contributed by atoms with Gasteiger partial charge in [0.25, 0.3) is 11.1 Å². The van der Waals surface area contributed by atoms with Gasteiger partial charge in [0.05, 0.1) is 15.9 Å². The zero-order valence-corrected chi connectivity index (χ0v) is 18.3. The van der Waals surface area contributed by atoms with Gasteiger partial charge in [0.15, 0.2) is 6.10 Å². The summed E-state index contributed by atoms with van der Waals surface area (Å²) in [6.45, 7) is 1.62. The van der Waals surface area contributed by atoms with E-state index in [0.717, 1.165) is 10.2 Å². The van der Waals surface area contributed by atoms with E-state index in [1.807, 2.05) is 12.1 Å². The Bertz CT molecular complexity index is 1230. The normalized spacial score (nSPS) is 11.9. The van der Waals surface area contributed by atoms with Crippen LogP contribution in [0.3, 0.4) is 0 Å². The number of benzene rings is 3. The number of halogens is 2. The van der Waals surface area contributed by atoms with E-state index in [1.165, 1.54) is 29.4 Å². The van der Waals surface area contributed by atoms with Crippen LogP contribution in [-0.2, 0) is 4.79 Å². The Morgan fingerprint density at radius 2 is 1.81 bits per heavy atom. The minimum absolute atomic E-state index is 0.198. The maximum Gasteiger partial charge on any atom is 0.279 e. The van der Waals surface area contributed by atoms with Gasteiger partial charge in [0.2, 0.25) is 0 Å². The van der Waals surface area contributed by atoms with Crippen molar-refractivity contribution < 1.29 is 18.7 Å². The highest BCUT2D eigenvalue weighted by atomic mass is 35.5. The van der Waals surface area contributed by atoms with Crippen molar-refractivity contribution in [3.63, 3.8) is 0 Å². The summed E-state index contributed by atoms with van der Waals surface area (Å²) in [6.07, 6.45) is -0.801. The fourth-order valence-corrected chi connectivity index (χ4v) is 4.09. The standard InChI is InChI=1S/C23H18ClFN2O3S/c1-14(22(28)27(2)20-6-4-3-5-18(20)25)29-16-8-10-17(11-9-16)30-23-26-19-12-7-15(24)13-21(19)31-23/h3-14H,1-2H3. The Hall–Kier alpha value is -3.16. The minimum atomic E-state index is -0.801. The summed E-state index contributed by atoms with van der Waals surface area (Å²) in [5, 5.41) is 1.15. The molecule has 0 aliphatic carbocycles.